The molecule has 0 heterocycles. The molecule has 4 nitrogen and oxygen atoms in total. The maximum absolute atomic E-state index is 13.7. The molecule has 3 N–H and O–H groups in total. The monoisotopic (exact) mass is 344 g/mol. The topological polar surface area (TPSA) is 72.2 Å². The Morgan fingerprint density at radius 2 is 1.42 bits per heavy atom. The molecule has 0 unspecified atom stereocenters. The Morgan fingerprint density at radius 3 is 1.92 bits per heavy atom. The SMILES string of the molecule is NCCCCCNC(=O)CP(=O)(c1ccccc1)c1ccccc1. The van der Waals surface area contributed by atoms with Crippen LogP contribution in [-0.2, 0) is 9.36 Å². The van der Waals surface area contributed by atoms with Gasteiger partial charge in [-0.1, -0.05) is 67.1 Å². The highest BCUT2D eigenvalue weighted by Gasteiger charge is 2.29. The number of carbonyl (C=O) groups excluding carboxylic acids is 1. The van der Waals surface area contributed by atoms with Crippen LogP contribution in [-0.4, -0.2) is 25.2 Å². The van der Waals surface area contributed by atoms with E-state index < -0.39 is 7.14 Å². The summed E-state index contributed by atoms with van der Waals surface area (Å²) < 4.78 is 13.7. The van der Waals surface area contributed by atoms with Crippen LogP contribution >= 0.6 is 7.14 Å². The molecule has 2 aromatic rings. The number of benzene rings is 2. The molecule has 128 valence electrons. The number of nitrogens with one attached hydrogen (secondary N) is 1. The number of carbonyl (C=O) groups is 1. The fourth-order valence-corrected chi connectivity index (χ4v) is 5.09. The zero-order valence-corrected chi connectivity index (χ0v) is 14.8. The Labute approximate surface area is 143 Å². The van der Waals surface area contributed by atoms with Crippen LogP contribution in [0, 0.1) is 0 Å². The summed E-state index contributed by atoms with van der Waals surface area (Å²) in [7, 11) is -2.97. The smallest absolute Gasteiger partial charge is 0.228 e. The van der Waals surface area contributed by atoms with E-state index in [1.165, 1.54) is 0 Å². The summed E-state index contributed by atoms with van der Waals surface area (Å²) in [4.78, 5) is 12.3. The van der Waals surface area contributed by atoms with Crippen LogP contribution in [0.1, 0.15) is 19.3 Å². The first-order chi connectivity index (χ1) is 11.7. The van der Waals surface area contributed by atoms with E-state index in [0.29, 0.717) is 13.1 Å². The van der Waals surface area contributed by atoms with Crippen LogP contribution in [0.25, 0.3) is 0 Å². The van der Waals surface area contributed by atoms with Gasteiger partial charge in [-0.2, -0.15) is 0 Å². The maximum Gasteiger partial charge on any atom is 0.228 e. The summed E-state index contributed by atoms with van der Waals surface area (Å²) in [5.74, 6) is -0.168. The molecule has 0 aromatic heterocycles. The van der Waals surface area contributed by atoms with E-state index >= 15 is 0 Å². The van der Waals surface area contributed by atoms with Crippen LogP contribution in [0.4, 0.5) is 0 Å². The number of amides is 1. The van der Waals surface area contributed by atoms with Gasteiger partial charge in [0.15, 0.2) is 7.14 Å². The molecular formula is C19H25N2O2P. The van der Waals surface area contributed by atoms with Crippen LogP contribution in [0.5, 0.6) is 0 Å². The predicted octanol–water partition coefficient (Wildman–Crippen LogP) is 2.25. The van der Waals surface area contributed by atoms with Crippen molar-refractivity contribution in [2.45, 2.75) is 19.3 Å². The second-order valence-electron chi connectivity index (χ2n) is 5.77. The largest absolute Gasteiger partial charge is 0.356 e. The van der Waals surface area contributed by atoms with Gasteiger partial charge in [-0.15, -0.1) is 0 Å². The van der Waals surface area contributed by atoms with Crippen molar-refractivity contribution in [1.82, 2.24) is 5.32 Å². The van der Waals surface area contributed by atoms with E-state index in [1.807, 2.05) is 60.7 Å². The lowest BCUT2D eigenvalue weighted by Gasteiger charge is -2.19. The lowest BCUT2D eigenvalue weighted by atomic mass is 10.2. The third kappa shape index (κ3) is 5.05. The van der Waals surface area contributed by atoms with E-state index in [4.69, 9.17) is 5.73 Å². The number of hydrogen-bond acceptors (Lipinski definition) is 3. The van der Waals surface area contributed by atoms with Gasteiger partial charge in [0, 0.05) is 17.2 Å². The lowest BCUT2D eigenvalue weighted by Crippen LogP contribution is -2.31. The first-order valence-electron chi connectivity index (χ1n) is 8.34. The van der Waals surface area contributed by atoms with Crippen molar-refractivity contribution in [3.63, 3.8) is 0 Å². The van der Waals surface area contributed by atoms with Crippen molar-refractivity contribution in [2.75, 3.05) is 19.3 Å². The summed E-state index contributed by atoms with van der Waals surface area (Å²) in [6.45, 7) is 1.27. The average molecular weight is 344 g/mol. The van der Waals surface area contributed by atoms with Crippen molar-refractivity contribution in [3.05, 3.63) is 60.7 Å². The fraction of sp³-hybridized carbons (Fsp3) is 0.316. The summed E-state index contributed by atoms with van der Waals surface area (Å²) in [6, 6.07) is 18.5. The first-order valence-corrected chi connectivity index (χ1v) is 10.2. The minimum atomic E-state index is -2.97. The maximum atomic E-state index is 13.7. The van der Waals surface area contributed by atoms with Crippen molar-refractivity contribution < 1.29 is 9.36 Å². The zero-order valence-electron chi connectivity index (χ0n) is 13.9. The Kier molecular flexibility index (Phi) is 7.23. The fourth-order valence-electron chi connectivity index (χ4n) is 2.60. The van der Waals surface area contributed by atoms with Gasteiger partial charge in [-0.3, -0.25) is 4.79 Å². The molecule has 0 saturated carbocycles. The molecule has 24 heavy (non-hydrogen) atoms. The van der Waals surface area contributed by atoms with Crippen LogP contribution in [0.15, 0.2) is 60.7 Å². The highest BCUT2D eigenvalue weighted by Crippen LogP contribution is 2.42. The van der Waals surface area contributed by atoms with Crippen LogP contribution < -0.4 is 21.7 Å². The highest BCUT2D eigenvalue weighted by atomic mass is 31.2. The molecule has 0 bridgehead atoms. The summed E-state index contributed by atoms with van der Waals surface area (Å²) in [5.41, 5.74) is 5.46. The van der Waals surface area contributed by atoms with Gasteiger partial charge in [0.05, 0.1) is 6.16 Å². The Balaban J connectivity index is 2.11. The van der Waals surface area contributed by atoms with Gasteiger partial charge in [-0.25, -0.2) is 0 Å². The third-order valence-electron chi connectivity index (χ3n) is 3.92. The van der Waals surface area contributed by atoms with E-state index in [9.17, 15) is 9.36 Å². The quantitative estimate of drug-likeness (QED) is 0.541. The Hall–Kier alpha value is -1.90. The average Bonchev–Trinajstić information content (AvgIpc) is 2.63. The molecule has 5 heteroatoms. The molecule has 2 aromatic carbocycles. The molecule has 0 aliphatic rings. The number of nitrogens with two attached hydrogens (primary N) is 1. The summed E-state index contributed by atoms with van der Waals surface area (Å²) >= 11 is 0. The number of hydrogen-bond donors (Lipinski definition) is 2. The van der Waals surface area contributed by atoms with Gasteiger partial charge in [-0.05, 0) is 19.4 Å². The predicted molar refractivity (Wildman–Crippen MR) is 101 cm³/mol. The number of unbranched alkanes of at least 4 members (excludes halogenated alkanes) is 2. The van der Waals surface area contributed by atoms with E-state index in [1.54, 1.807) is 0 Å². The van der Waals surface area contributed by atoms with Gasteiger partial charge in [0.1, 0.15) is 0 Å². The van der Waals surface area contributed by atoms with Gasteiger partial charge >= 0.3 is 0 Å². The Bertz CT molecular complexity index is 631. The molecule has 0 aliphatic carbocycles. The highest BCUT2D eigenvalue weighted by molar-refractivity contribution is 7.79. The molecular weight excluding hydrogens is 319 g/mol. The van der Waals surface area contributed by atoms with Crippen molar-refractivity contribution in [2.24, 2.45) is 5.73 Å². The number of rotatable bonds is 9. The van der Waals surface area contributed by atoms with Gasteiger partial charge in [0.25, 0.3) is 0 Å². The molecule has 0 radical (unpaired) electrons. The Morgan fingerprint density at radius 1 is 0.875 bits per heavy atom. The third-order valence-corrected chi connectivity index (χ3v) is 6.91. The van der Waals surface area contributed by atoms with Crippen molar-refractivity contribution >= 4 is 23.7 Å². The lowest BCUT2D eigenvalue weighted by molar-refractivity contribution is -0.118. The van der Waals surface area contributed by atoms with Crippen LogP contribution in [0.3, 0.4) is 0 Å². The molecule has 0 aliphatic heterocycles. The molecule has 0 spiro atoms. The summed E-state index contributed by atoms with van der Waals surface area (Å²) in [5, 5.41) is 4.32. The molecule has 2 rings (SSSR count). The second-order valence-corrected chi connectivity index (χ2v) is 8.60. The zero-order chi connectivity index (χ0) is 17.3. The summed E-state index contributed by atoms with van der Waals surface area (Å²) in [6.07, 6.45) is 2.84. The first kappa shape index (κ1) is 18.4. The van der Waals surface area contributed by atoms with E-state index in [2.05, 4.69) is 5.32 Å². The molecule has 1 amide bonds. The van der Waals surface area contributed by atoms with Crippen LogP contribution in [0.2, 0.25) is 0 Å². The van der Waals surface area contributed by atoms with Crippen molar-refractivity contribution in [3.8, 4) is 0 Å². The van der Waals surface area contributed by atoms with Gasteiger partial charge in [0.2, 0.25) is 5.91 Å². The minimum Gasteiger partial charge on any atom is -0.356 e. The standard InChI is InChI=1S/C19H25N2O2P/c20-14-8-3-9-15-21-19(22)16-24(23,17-10-4-1-5-11-17)18-12-6-2-7-13-18/h1-2,4-7,10-13H,3,8-9,14-16,20H2,(H,21,22). The minimum absolute atomic E-state index is 0.00207. The van der Waals surface area contributed by atoms with E-state index in [-0.39, 0.29) is 12.1 Å². The molecule has 0 atom stereocenters. The van der Waals surface area contributed by atoms with Gasteiger partial charge < -0.3 is 15.6 Å². The van der Waals surface area contributed by atoms with Crippen molar-refractivity contribution in [1.29, 1.82) is 0 Å². The molecule has 0 fully saturated rings. The van der Waals surface area contributed by atoms with E-state index in [0.717, 1.165) is 29.9 Å². The second kappa shape index (κ2) is 9.41. The normalized spacial score (nSPS) is 11.2. The molecule has 0 saturated heterocycles.